The molecule has 0 atom stereocenters. The van der Waals surface area contributed by atoms with Crippen molar-refractivity contribution in [1.82, 2.24) is 0 Å². The zero-order chi connectivity index (χ0) is 20.6. The zero-order valence-corrected chi connectivity index (χ0v) is 18.6. The van der Waals surface area contributed by atoms with Gasteiger partial charge in [0.15, 0.2) is 6.29 Å². The number of allylic oxidation sites excluding steroid dienone is 3. The molecule has 1 aromatic rings. The molecule has 28 heavy (non-hydrogen) atoms. The van der Waals surface area contributed by atoms with Crippen molar-refractivity contribution >= 4 is 0 Å². The van der Waals surface area contributed by atoms with Crippen LogP contribution in [-0.4, -0.2) is 27.1 Å². The monoisotopic (exact) mass is 386 g/mol. The summed E-state index contributed by atoms with van der Waals surface area (Å²) in [4.78, 5) is 0. The number of benzene rings is 1. The van der Waals surface area contributed by atoms with Crippen molar-refractivity contribution < 1.29 is 14.2 Å². The van der Waals surface area contributed by atoms with Crippen molar-refractivity contribution in [3.63, 3.8) is 0 Å². The van der Waals surface area contributed by atoms with Crippen molar-refractivity contribution in [2.45, 2.75) is 72.5 Å². The number of ether oxygens (including phenoxy) is 3. The van der Waals surface area contributed by atoms with Crippen LogP contribution in [0.3, 0.4) is 0 Å². The summed E-state index contributed by atoms with van der Waals surface area (Å²) in [6.07, 6.45) is 9.06. The summed E-state index contributed by atoms with van der Waals surface area (Å²) in [6.45, 7) is 9.91. The SMILES string of the molecule is COC(Cc1ccc(OCC(C)=CCCC2=C(C)CCCC2(C)C)cc1)OC. The number of rotatable bonds is 10. The molecular weight excluding hydrogens is 348 g/mol. The highest BCUT2D eigenvalue weighted by Gasteiger charge is 2.27. The van der Waals surface area contributed by atoms with Gasteiger partial charge in [-0.1, -0.05) is 43.2 Å². The van der Waals surface area contributed by atoms with Crippen LogP contribution < -0.4 is 4.74 Å². The smallest absolute Gasteiger partial charge is 0.160 e. The van der Waals surface area contributed by atoms with Crippen LogP contribution in [-0.2, 0) is 15.9 Å². The minimum atomic E-state index is -0.204. The topological polar surface area (TPSA) is 27.7 Å². The zero-order valence-electron chi connectivity index (χ0n) is 18.6. The number of hydrogen-bond donors (Lipinski definition) is 0. The summed E-state index contributed by atoms with van der Waals surface area (Å²) in [5, 5.41) is 0. The predicted octanol–water partition coefficient (Wildman–Crippen LogP) is 6.48. The molecule has 0 saturated carbocycles. The number of hydrogen-bond acceptors (Lipinski definition) is 3. The van der Waals surface area contributed by atoms with Crippen LogP contribution in [0, 0.1) is 5.41 Å². The Hall–Kier alpha value is -1.58. The van der Waals surface area contributed by atoms with Crippen LogP contribution in [0.2, 0.25) is 0 Å². The van der Waals surface area contributed by atoms with Crippen LogP contribution in [0.1, 0.15) is 65.4 Å². The standard InChI is InChI=1S/C25H38O3/c1-19(9-7-11-23-20(2)10-8-16-25(23,3)4)18-28-22-14-12-21(13-15-22)17-24(26-5)27-6/h9,12-15,24H,7-8,10-11,16-18H2,1-6H3. The molecule has 1 aliphatic rings. The third kappa shape index (κ3) is 6.79. The second-order valence-electron chi connectivity index (χ2n) is 8.62. The Labute approximate surface area is 171 Å². The molecule has 0 N–H and O–H groups in total. The van der Waals surface area contributed by atoms with Gasteiger partial charge in [0.2, 0.25) is 0 Å². The van der Waals surface area contributed by atoms with Gasteiger partial charge in [0.1, 0.15) is 12.4 Å². The maximum Gasteiger partial charge on any atom is 0.160 e. The van der Waals surface area contributed by atoms with Crippen molar-refractivity contribution in [1.29, 1.82) is 0 Å². The van der Waals surface area contributed by atoms with Crippen molar-refractivity contribution in [2.24, 2.45) is 5.41 Å². The van der Waals surface area contributed by atoms with E-state index in [4.69, 9.17) is 14.2 Å². The third-order valence-electron chi connectivity index (χ3n) is 5.89. The second kappa shape index (κ2) is 10.8. The van der Waals surface area contributed by atoms with Gasteiger partial charge in [0.25, 0.3) is 0 Å². The quantitative estimate of drug-likeness (QED) is 0.340. The van der Waals surface area contributed by atoms with E-state index in [1.165, 1.54) is 36.8 Å². The van der Waals surface area contributed by atoms with Gasteiger partial charge in [-0.2, -0.15) is 0 Å². The lowest BCUT2D eigenvalue weighted by Crippen LogP contribution is -2.20. The molecule has 3 nitrogen and oxygen atoms in total. The normalized spacial score (nSPS) is 17.3. The Balaban J connectivity index is 1.81. The van der Waals surface area contributed by atoms with Gasteiger partial charge in [-0.15, -0.1) is 0 Å². The molecule has 0 fully saturated rings. The molecule has 0 aromatic heterocycles. The van der Waals surface area contributed by atoms with E-state index in [0.717, 1.165) is 18.6 Å². The fourth-order valence-corrected chi connectivity index (χ4v) is 4.12. The molecule has 0 unspecified atom stereocenters. The van der Waals surface area contributed by atoms with Gasteiger partial charge >= 0.3 is 0 Å². The third-order valence-corrected chi connectivity index (χ3v) is 5.89. The average molecular weight is 387 g/mol. The van der Waals surface area contributed by atoms with Gasteiger partial charge in [-0.25, -0.2) is 0 Å². The van der Waals surface area contributed by atoms with Crippen molar-refractivity contribution in [3.8, 4) is 5.75 Å². The molecule has 1 aromatic carbocycles. The molecule has 2 rings (SSSR count). The van der Waals surface area contributed by atoms with Crippen LogP contribution in [0.4, 0.5) is 0 Å². The van der Waals surface area contributed by atoms with E-state index >= 15 is 0 Å². The minimum Gasteiger partial charge on any atom is -0.489 e. The van der Waals surface area contributed by atoms with E-state index in [9.17, 15) is 0 Å². The van der Waals surface area contributed by atoms with E-state index < -0.39 is 0 Å². The predicted molar refractivity (Wildman–Crippen MR) is 117 cm³/mol. The molecule has 0 radical (unpaired) electrons. The summed E-state index contributed by atoms with van der Waals surface area (Å²) in [5.74, 6) is 0.898. The lowest BCUT2D eigenvalue weighted by Gasteiger charge is -2.34. The van der Waals surface area contributed by atoms with Gasteiger partial charge in [-0.05, 0) is 74.6 Å². The highest BCUT2D eigenvalue weighted by atomic mass is 16.7. The van der Waals surface area contributed by atoms with Crippen LogP contribution in [0.15, 0.2) is 47.1 Å². The van der Waals surface area contributed by atoms with E-state index in [1.807, 2.05) is 12.1 Å². The largest absolute Gasteiger partial charge is 0.489 e. The summed E-state index contributed by atoms with van der Waals surface area (Å²) in [5.41, 5.74) is 6.11. The van der Waals surface area contributed by atoms with Crippen LogP contribution in [0.25, 0.3) is 0 Å². The summed E-state index contributed by atoms with van der Waals surface area (Å²) < 4.78 is 16.4. The van der Waals surface area contributed by atoms with Gasteiger partial charge in [0, 0.05) is 20.6 Å². The van der Waals surface area contributed by atoms with E-state index in [0.29, 0.717) is 12.0 Å². The Bertz CT molecular complexity index is 664. The molecule has 0 aliphatic heterocycles. The highest BCUT2D eigenvalue weighted by molar-refractivity contribution is 5.28. The Kier molecular flexibility index (Phi) is 8.78. The lowest BCUT2D eigenvalue weighted by atomic mass is 9.71. The fraction of sp³-hybridized carbons (Fsp3) is 0.600. The maximum atomic E-state index is 5.94. The Morgan fingerprint density at radius 1 is 1.14 bits per heavy atom. The molecule has 156 valence electrons. The van der Waals surface area contributed by atoms with Gasteiger partial charge < -0.3 is 14.2 Å². The van der Waals surface area contributed by atoms with Crippen molar-refractivity contribution in [3.05, 3.63) is 52.6 Å². The van der Waals surface area contributed by atoms with Gasteiger partial charge in [0.05, 0.1) is 0 Å². The molecular formula is C25H38O3. The second-order valence-corrected chi connectivity index (χ2v) is 8.62. The summed E-state index contributed by atoms with van der Waals surface area (Å²) >= 11 is 0. The lowest BCUT2D eigenvalue weighted by molar-refractivity contribution is -0.100. The molecule has 0 bridgehead atoms. The van der Waals surface area contributed by atoms with Crippen LogP contribution in [0.5, 0.6) is 5.75 Å². The maximum absolute atomic E-state index is 5.94. The molecule has 0 heterocycles. The first-order valence-electron chi connectivity index (χ1n) is 10.5. The summed E-state index contributed by atoms with van der Waals surface area (Å²) in [7, 11) is 3.32. The average Bonchev–Trinajstić information content (AvgIpc) is 2.67. The van der Waals surface area contributed by atoms with Crippen LogP contribution >= 0.6 is 0 Å². The Morgan fingerprint density at radius 2 is 1.82 bits per heavy atom. The first-order valence-corrected chi connectivity index (χ1v) is 10.5. The van der Waals surface area contributed by atoms with Crippen molar-refractivity contribution in [2.75, 3.05) is 20.8 Å². The fourth-order valence-electron chi connectivity index (χ4n) is 4.12. The molecule has 0 saturated heterocycles. The first kappa shape index (κ1) is 22.7. The highest BCUT2D eigenvalue weighted by Crippen LogP contribution is 2.42. The first-order chi connectivity index (χ1) is 13.4. The summed E-state index contributed by atoms with van der Waals surface area (Å²) in [6, 6.07) is 8.17. The minimum absolute atomic E-state index is 0.204. The van der Waals surface area contributed by atoms with Gasteiger partial charge in [-0.3, -0.25) is 0 Å². The van der Waals surface area contributed by atoms with E-state index in [1.54, 1.807) is 25.4 Å². The Morgan fingerprint density at radius 3 is 2.43 bits per heavy atom. The molecule has 0 spiro atoms. The molecule has 1 aliphatic carbocycles. The number of methoxy groups -OCH3 is 2. The van der Waals surface area contributed by atoms with E-state index in [2.05, 4.69) is 45.9 Å². The van der Waals surface area contributed by atoms with E-state index in [-0.39, 0.29) is 6.29 Å². The molecule has 0 amide bonds. The molecule has 3 heteroatoms.